The van der Waals surface area contributed by atoms with Gasteiger partial charge in [-0.2, -0.15) is 0 Å². The minimum absolute atomic E-state index is 0.622. The van der Waals surface area contributed by atoms with E-state index in [-0.39, 0.29) is 0 Å². The number of hydrogen-bond donors (Lipinski definition) is 1. The Morgan fingerprint density at radius 1 is 1.21 bits per heavy atom. The van der Waals surface area contributed by atoms with Crippen LogP contribution in [0.5, 0.6) is 0 Å². The predicted molar refractivity (Wildman–Crippen MR) is 83.3 cm³/mol. The predicted octanol–water partition coefficient (Wildman–Crippen LogP) is 3.40. The van der Waals surface area contributed by atoms with Crippen LogP contribution in [0.25, 0.3) is 0 Å². The molecule has 0 saturated heterocycles. The van der Waals surface area contributed by atoms with Crippen LogP contribution in [-0.4, -0.2) is 36.4 Å². The summed E-state index contributed by atoms with van der Waals surface area (Å²) in [6, 6.07) is 2.67. The smallest absolute Gasteiger partial charge is 0.191 e. The SMILES string of the molecule is CNc1cc(N(C)C2CCCCCC2)nc(SC)n1. The van der Waals surface area contributed by atoms with E-state index in [0.29, 0.717) is 6.04 Å². The average molecular weight is 280 g/mol. The van der Waals surface area contributed by atoms with E-state index in [1.807, 2.05) is 19.4 Å². The molecular formula is C14H24N4S. The summed E-state index contributed by atoms with van der Waals surface area (Å²) in [4.78, 5) is 11.4. The minimum atomic E-state index is 0.622. The van der Waals surface area contributed by atoms with Crippen molar-refractivity contribution in [3.8, 4) is 0 Å². The molecule has 1 heterocycles. The molecule has 0 radical (unpaired) electrons. The van der Waals surface area contributed by atoms with Crippen molar-refractivity contribution in [1.82, 2.24) is 9.97 Å². The van der Waals surface area contributed by atoms with E-state index in [1.165, 1.54) is 38.5 Å². The van der Waals surface area contributed by atoms with Crippen molar-refractivity contribution in [1.29, 1.82) is 0 Å². The Hall–Kier alpha value is -0.970. The lowest BCUT2D eigenvalue weighted by molar-refractivity contribution is 0.547. The van der Waals surface area contributed by atoms with Gasteiger partial charge in [-0.1, -0.05) is 37.4 Å². The van der Waals surface area contributed by atoms with Gasteiger partial charge >= 0.3 is 0 Å². The second-order valence-electron chi connectivity index (χ2n) is 5.10. The lowest BCUT2D eigenvalue weighted by atomic mass is 10.1. The Balaban J connectivity index is 2.18. The number of anilines is 2. The van der Waals surface area contributed by atoms with E-state index in [1.54, 1.807) is 11.8 Å². The van der Waals surface area contributed by atoms with E-state index in [0.717, 1.165) is 16.8 Å². The molecule has 0 amide bonds. The highest BCUT2D eigenvalue weighted by molar-refractivity contribution is 7.98. The molecule has 0 spiro atoms. The fourth-order valence-electron chi connectivity index (χ4n) is 2.65. The van der Waals surface area contributed by atoms with Crippen molar-refractivity contribution in [3.63, 3.8) is 0 Å². The fraction of sp³-hybridized carbons (Fsp3) is 0.714. The Labute approximate surface area is 120 Å². The Kier molecular flexibility index (Phi) is 5.31. The van der Waals surface area contributed by atoms with Crippen LogP contribution in [0.4, 0.5) is 11.6 Å². The normalized spacial score (nSPS) is 17.0. The molecule has 5 heteroatoms. The van der Waals surface area contributed by atoms with E-state index in [9.17, 15) is 0 Å². The third-order valence-electron chi connectivity index (χ3n) is 3.86. The molecule has 19 heavy (non-hydrogen) atoms. The van der Waals surface area contributed by atoms with Crippen LogP contribution < -0.4 is 10.2 Å². The van der Waals surface area contributed by atoms with Crippen molar-refractivity contribution in [2.75, 3.05) is 30.6 Å². The molecule has 0 unspecified atom stereocenters. The third kappa shape index (κ3) is 3.75. The van der Waals surface area contributed by atoms with Gasteiger partial charge in [-0.15, -0.1) is 0 Å². The first-order valence-electron chi connectivity index (χ1n) is 7.08. The summed E-state index contributed by atoms with van der Waals surface area (Å²) >= 11 is 1.59. The fourth-order valence-corrected chi connectivity index (χ4v) is 3.02. The van der Waals surface area contributed by atoms with Gasteiger partial charge < -0.3 is 10.2 Å². The Morgan fingerprint density at radius 2 is 1.89 bits per heavy atom. The van der Waals surface area contributed by atoms with Crippen LogP contribution in [0, 0.1) is 0 Å². The molecule has 0 bridgehead atoms. The molecule has 1 aliphatic carbocycles. The third-order valence-corrected chi connectivity index (χ3v) is 4.41. The molecule has 0 aromatic carbocycles. The second kappa shape index (κ2) is 6.98. The van der Waals surface area contributed by atoms with Gasteiger partial charge in [0, 0.05) is 26.2 Å². The average Bonchev–Trinajstić information content (AvgIpc) is 2.74. The van der Waals surface area contributed by atoms with E-state index >= 15 is 0 Å². The number of nitrogens with zero attached hydrogens (tertiary/aromatic N) is 3. The van der Waals surface area contributed by atoms with E-state index < -0.39 is 0 Å². The highest BCUT2D eigenvalue weighted by Crippen LogP contribution is 2.26. The maximum absolute atomic E-state index is 4.64. The molecule has 2 rings (SSSR count). The summed E-state index contributed by atoms with van der Waals surface area (Å²) in [5, 5.41) is 3.96. The number of hydrogen-bond acceptors (Lipinski definition) is 5. The quantitative estimate of drug-likeness (QED) is 0.520. The van der Waals surface area contributed by atoms with Crippen molar-refractivity contribution >= 4 is 23.4 Å². The van der Waals surface area contributed by atoms with Gasteiger partial charge in [0.1, 0.15) is 11.6 Å². The lowest BCUT2D eigenvalue weighted by Gasteiger charge is -2.28. The maximum Gasteiger partial charge on any atom is 0.191 e. The maximum atomic E-state index is 4.64. The van der Waals surface area contributed by atoms with Crippen molar-refractivity contribution < 1.29 is 0 Å². The summed E-state index contributed by atoms with van der Waals surface area (Å²) in [6.07, 6.45) is 10.0. The zero-order valence-corrected chi connectivity index (χ0v) is 13.0. The van der Waals surface area contributed by atoms with Gasteiger partial charge in [0.05, 0.1) is 0 Å². The zero-order chi connectivity index (χ0) is 13.7. The molecule has 1 aromatic rings. The van der Waals surface area contributed by atoms with Crippen LogP contribution in [0.1, 0.15) is 38.5 Å². The molecule has 4 nitrogen and oxygen atoms in total. The minimum Gasteiger partial charge on any atom is -0.373 e. The molecule has 0 aliphatic heterocycles. The molecule has 0 atom stereocenters. The topological polar surface area (TPSA) is 41.0 Å². The molecule has 1 aliphatic rings. The van der Waals surface area contributed by atoms with Gasteiger partial charge in [-0.3, -0.25) is 0 Å². The van der Waals surface area contributed by atoms with Crippen molar-refractivity contribution in [2.24, 2.45) is 0 Å². The first-order valence-corrected chi connectivity index (χ1v) is 8.30. The Morgan fingerprint density at radius 3 is 2.47 bits per heavy atom. The van der Waals surface area contributed by atoms with Gasteiger partial charge in [0.15, 0.2) is 5.16 Å². The van der Waals surface area contributed by atoms with Crippen LogP contribution in [-0.2, 0) is 0 Å². The van der Waals surface area contributed by atoms with Gasteiger partial charge in [-0.05, 0) is 19.1 Å². The highest BCUT2D eigenvalue weighted by Gasteiger charge is 2.19. The number of aromatic nitrogens is 2. The summed E-state index contributed by atoms with van der Waals surface area (Å²) in [5.41, 5.74) is 0. The summed E-state index contributed by atoms with van der Waals surface area (Å²) in [6.45, 7) is 0. The van der Waals surface area contributed by atoms with Crippen LogP contribution in [0.15, 0.2) is 11.2 Å². The molecular weight excluding hydrogens is 256 g/mol. The van der Waals surface area contributed by atoms with Crippen molar-refractivity contribution in [3.05, 3.63) is 6.07 Å². The summed E-state index contributed by atoms with van der Waals surface area (Å²) in [5.74, 6) is 1.94. The first-order chi connectivity index (χ1) is 9.24. The molecule has 1 fully saturated rings. The number of nitrogens with one attached hydrogen (secondary N) is 1. The molecule has 1 N–H and O–H groups in total. The van der Waals surface area contributed by atoms with Gasteiger partial charge in [-0.25, -0.2) is 9.97 Å². The van der Waals surface area contributed by atoms with Crippen LogP contribution >= 0.6 is 11.8 Å². The van der Waals surface area contributed by atoms with Gasteiger partial charge in [0.25, 0.3) is 0 Å². The second-order valence-corrected chi connectivity index (χ2v) is 5.88. The molecule has 1 saturated carbocycles. The first kappa shape index (κ1) is 14.4. The number of thioether (sulfide) groups is 1. The molecule has 106 valence electrons. The summed E-state index contributed by atoms with van der Waals surface area (Å²) < 4.78 is 0. The number of rotatable bonds is 4. The van der Waals surface area contributed by atoms with E-state index in [4.69, 9.17) is 0 Å². The summed E-state index contributed by atoms with van der Waals surface area (Å²) in [7, 11) is 4.07. The van der Waals surface area contributed by atoms with E-state index in [2.05, 4.69) is 27.2 Å². The van der Waals surface area contributed by atoms with Crippen LogP contribution in [0.3, 0.4) is 0 Å². The van der Waals surface area contributed by atoms with Crippen LogP contribution in [0.2, 0.25) is 0 Å². The standard InChI is InChI=1S/C14H24N4S/c1-15-12-10-13(17-14(16-12)19-3)18(2)11-8-6-4-5-7-9-11/h10-11H,4-9H2,1-3H3,(H,15,16,17). The Bertz CT molecular complexity index is 380. The highest BCUT2D eigenvalue weighted by atomic mass is 32.2. The zero-order valence-electron chi connectivity index (χ0n) is 12.1. The largest absolute Gasteiger partial charge is 0.373 e. The van der Waals surface area contributed by atoms with Gasteiger partial charge in [0.2, 0.25) is 0 Å². The van der Waals surface area contributed by atoms with Crippen molar-refractivity contribution in [2.45, 2.75) is 49.7 Å². The monoisotopic (exact) mass is 280 g/mol. The lowest BCUT2D eigenvalue weighted by Crippen LogP contribution is -2.32. The molecule has 1 aromatic heterocycles.